The van der Waals surface area contributed by atoms with Crippen LogP contribution in [0.3, 0.4) is 0 Å². The Morgan fingerprint density at radius 1 is 0.682 bits per heavy atom. The van der Waals surface area contributed by atoms with Crippen molar-refractivity contribution < 1.29 is 53.1 Å². The van der Waals surface area contributed by atoms with E-state index in [9.17, 15) is 26.3 Å². The van der Waals surface area contributed by atoms with Crippen LogP contribution in [-0.4, -0.2) is 30.7 Å². The lowest BCUT2D eigenvalue weighted by Crippen LogP contribution is -2.66. The summed E-state index contributed by atoms with van der Waals surface area (Å²) >= 11 is 0. The second-order valence-electron chi connectivity index (χ2n) is 12.5. The summed E-state index contributed by atoms with van der Waals surface area (Å²) in [4.78, 5) is 0. The lowest BCUT2D eigenvalue weighted by molar-refractivity contribution is -0.465. The highest BCUT2D eigenvalue weighted by atomic mass is 19.2. The topological polar surface area (TPSA) is 12.2 Å². The third kappa shape index (κ3) is 3.83. The lowest BCUT2D eigenvalue weighted by atomic mass is 9.24. The van der Waals surface area contributed by atoms with Crippen molar-refractivity contribution in [2.45, 2.75) is 38.6 Å². The number of benzene rings is 3. The summed E-state index contributed by atoms with van der Waals surface area (Å²) in [5.41, 5.74) is -1.93. The van der Waals surface area contributed by atoms with Crippen LogP contribution in [0, 0.1) is 69.5 Å². The Hall–Kier alpha value is -3.61. The Balaban J connectivity index is 1.80. The van der Waals surface area contributed by atoms with Crippen molar-refractivity contribution in [3.63, 3.8) is 0 Å². The van der Waals surface area contributed by atoms with Crippen molar-refractivity contribution >= 4 is 23.0 Å². The van der Waals surface area contributed by atoms with Gasteiger partial charge in [0, 0.05) is 18.1 Å². The number of halogens is 10. The molecule has 0 N–H and O–H groups in total. The summed E-state index contributed by atoms with van der Waals surface area (Å²) in [6, 6.07) is 7.82. The first-order chi connectivity index (χ1) is 20.6. The molecule has 1 saturated heterocycles. The molecule has 2 aliphatic carbocycles. The van der Waals surface area contributed by atoms with Crippen molar-refractivity contribution in [1.29, 1.82) is 0 Å². The van der Waals surface area contributed by atoms with Gasteiger partial charge in [0.05, 0.1) is 0 Å². The minimum atomic E-state index is -4.40. The molecule has 3 aliphatic rings. The Morgan fingerprint density at radius 3 is 1.55 bits per heavy atom. The molecule has 0 amide bonds. The van der Waals surface area contributed by atoms with Crippen LogP contribution in [-0.2, 0) is 4.65 Å². The zero-order chi connectivity index (χ0) is 32.2. The van der Waals surface area contributed by atoms with Gasteiger partial charge >= 0.3 is 0 Å². The standard InChI is InChI=1S/C31H24BF10NO/c1-31(2)11-15(43(3)4)13-10-14-16(17(13)31)30(12-8-6-5-7-9-12)44-32(14,18-20(33)24(37)28(41)25(38)21(18)34)19-22(35)26(39)29(42)27(40)23(19)36/h5-9,14,16,30H,10-11H2,1-4H3/t14-,16-,30-/m0/s1. The quantitative estimate of drug-likeness (QED) is 0.103. The molecule has 0 bridgehead atoms. The highest BCUT2D eigenvalue weighted by molar-refractivity contribution is 6.99. The minimum Gasteiger partial charge on any atom is -0.576 e. The molecule has 2 nitrogen and oxygen atoms in total. The molecule has 3 aromatic rings. The van der Waals surface area contributed by atoms with E-state index in [2.05, 4.69) is 0 Å². The van der Waals surface area contributed by atoms with E-state index in [0.29, 0.717) is 23.1 Å². The Kier molecular flexibility index (Phi) is 6.88. The summed E-state index contributed by atoms with van der Waals surface area (Å²) in [5, 5.41) is 0. The fourth-order valence-electron chi connectivity index (χ4n) is 7.95. The number of nitrogens with zero attached hydrogens (tertiary/aromatic N) is 1. The molecule has 3 atom stereocenters. The maximum absolute atomic E-state index is 15.8. The first-order valence-corrected chi connectivity index (χ1v) is 13.8. The van der Waals surface area contributed by atoms with Gasteiger partial charge in [-0.15, -0.1) is 5.82 Å². The molecule has 44 heavy (non-hydrogen) atoms. The third-order valence-electron chi connectivity index (χ3n) is 9.55. The van der Waals surface area contributed by atoms with E-state index >= 15 is 17.6 Å². The summed E-state index contributed by atoms with van der Waals surface area (Å²) in [6.45, 7) is 3.71. The van der Waals surface area contributed by atoms with Crippen LogP contribution in [0.2, 0.25) is 5.82 Å². The number of rotatable bonds is 3. The Morgan fingerprint density at radius 2 is 1.11 bits per heavy atom. The van der Waals surface area contributed by atoms with E-state index in [1.807, 2.05) is 13.8 Å². The SMILES string of the molecule is C[N+](C)=C1CC(C)(C)C2=C1C[C@H]1[C@@H]2[C@H](c2ccccc2)O[B-]1(c1c(F)c(F)c(F)c(F)c1F)c1c(F)c(F)c(F)c(F)c1F. The van der Waals surface area contributed by atoms with Crippen molar-refractivity contribution in [3.05, 3.63) is 105 Å². The normalized spacial score (nSPS) is 23.4. The maximum atomic E-state index is 15.8. The van der Waals surface area contributed by atoms with Crippen LogP contribution in [0.25, 0.3) is 0 Å². The first-order valence-electron chi connectivity index (χ1n) is 13.8. The molecule has 0 saturated carbocycles. The first kappa shape index (κ1) is 30.4. The zero-order valence-electron chi connectivity index (χ0n) is 23.7. The zero-order valence-corrected chi connectivity index (χ0v) is 23.7. The second kappa shape index (κ2) is 9.95. The van der Waals surface area contributed by atoms with Gasteiger partial charge in [0.1, 0.15) is 37.4 Å². The van der Waals surface area contributed by atoms with Crippen LogP contribution < -0.4 is 10.9 Å². The summed E-state index contributed by atoms with van der Waals surface area (Å²) in [7, 11) is 3.46. The summed E-state index contributed by atoms with van der Waals surface area (Å²) < 4.78 is 159. The van der Waals surface area contributed by atoms with Gasteiger partial charge in [0.2, 0.25) is 0 Å². The van der Waals surface area contributed by atoms with E-state index in [4.69, 9.17) is 4.65 Å². The van der Waals surface area contributed by atoms with Crippen LogP contribution in [0.4, 0.5) is 43.9 Å². The highest BCUT2D eigenvalue weighted by Gasteiger charge is 2.63. The second-order valence-corrected chi connectivity index (χ2v) is 12.5. The van der Waals surface area contributed by atoms with E-state index in [-0.39, 0.29) is 6.42 Å². The number of fused-ring (bicyclic) bond motifs is 2. The number of hydrogen-bond acceptors (Lipinski definition) is 1. The van der Waals surface area contributed by atoms with Crippen molar-refractivity contribution in [3.8, 4) is 0 Å². The van der Waals surface area contributed by atoms with E-state index in [1.165, 1.54) is 12.1 Å². The predicted molar refractivity (Wildman–Crippen MR) is 142 cm³/mol. The van der Waals surface area contributed by atoms with Crippen LogP contribution in [0.1, 0.15) is 38.4 Å². The molecule has 1 fully saturated rings. The number of hydrogen-bond donors (Lipinski definition) is 0. The van der Waals surface area contributed by atoms with Crippen LogP contribution in [0.5, 0.6) is 0 Å². The number of allylic oxidation sites excluding steroid dienone is 1. The third-order valence-corrected chi connectivity index (χ3v) is 9.55. The minimum absolute atomic E-state index is 0.265. The molecule has 0 radical (unpaired) electrons. The molecule has 1 heterocycles. The molecule has 232 valence electrons. The lowest BCUT2D eigenvalue weighted by Gasteiger charge is -2.44. The fraction of sp³-hybridized carbons (Fsp3) is 0.323. The van der Waals surface area contributed by atoms with Gasteiger partial charge in [0.15, 0.2) is 47.0 Å². The van der Waals surface area contributed by atoms with E-state index in [0.717, 1.165) is 5.71 Å². The molecule has 3 aromatic carbocycles. The molecule has 1 aliphatic heterocycles. The molecular weight excluding hydrogens is 603 g/mol. The Bertz CT molecular complexity index is 1690. The van der Waals surface area contributed by atoms with Gasteiger partial charge < -0.3 is 4.65 Å². The van der Waals surface area contributed by atoms with Gasteiger partial charge in [-0.2, -0.15) is 0 Å². The molecule has 0 spiro atoms. The van der Waals surface area contributed by atoms with Crippen LogP contribution >= 0.6 is 0 Å². The molecule has 6 rings (SSSR count). The largest absolute Gasteiger partial charge is 0.576 e. The molecule has 0 aromatic heterocycles. The van der Waals surface area contributed by atoms with E-state index < -0.39 is 98.7 Å². The molecule has 0 unspecified atom stereocenters. The van der Waals surface area contributed by atoms with Crippen molar-refractivity contribution in [2.75, 3.05) is 14.1 Å². The Labute approximate surface area is 245 Å². The molecular formula is C31H24BF10NO. The van der Waals surface area contributed by atoms with Crippen molar-refractivity contribution in [1.82, 2.24) is 0 Å². The van der Waals surface area contributed by atoms with Gasteiger partial charge in [-0.1, -0.05) is 60.7 Å². The monoisotopic (exact) mass is 627 g/mol. The van der Waals surface area contributed by atoms with Gasteiger partial charge in [-0.3, -0.25) is 0 Å². The van der Waals surface area contributed by atoms with Crippen molar-refractivity contribution in [2.24, 2.45) is 11.3 Å². The van der Waals surface area contributed by atoms with E-state index in [1.54, 1.807) is 36.9 Å². The molecule has 13 heteroatoms. The predicted octanol–water partition coefficient (Wildman–Crippen LogP) is 6.74. The summed E-state index contributed by atoms with van der Waals surface area (Å²) in [5.74, 6) is -27.4. The maximum Gasteiger partial charge on any atom is 0.200 e. The highest BCUT2D eigenvalue weighted by Crippen LogP contribution is 2.66. The summed E-state index contributed by atoms with van der Waals surface area (Å²) in [6.07, 6.45) is -5.53. The fourth-order valence-corrected chi connectivity index (χ4v) is 7.95. The van der Waals surface area contributed by atoms with Crippen LogP contribution in [0.15, 0.2) is 41.5 Å². The van der Waals surface area contributed by atoms with Gasteiger partial charge in [-0.05, 0) is 23.3 Å². The van der Waals surface area contributed by atoms with Gasteiger partial charge in [0.25, 0.3) is 0 Å². The average Bonchev–Trinajstić information content (AvgIpc) is 3.61. The van der Waals surface area contributed by atoms with Gasteiger partial charge in [-0.25, -0.2) is 48.5 Å². The smallest absolute Gasteiger partial charge is 0.200 e. The average molecular weight is 627 g/mol.